The van der Waals surface area contributed by atoms with Crippen LogP contribution in [-0.2, 0) is 5.41 Å². The molecule has 52 heavy (non-hydrogen) atoms. The highest BCUT2D eigenvalue weighted by Crippen LogP contribution is 2.54. The zero-order chi connectivity index (χ0) is 34.6. The molecule has 0 saturated carbocycles. The molecule has 0 radical (unpaired) electrons. The molecule has 0 saturated heterocycles. The summed E-state index contributed by atoms with van der Waals surface area (Å²) in [5.74, 6) is 0.629. The van der Waals surface area contributed by atoms with Gasteiger partial charge >= 0.3 is 0 Å². The van der Waals surface area contributed by atoms with Crippen molar-refractivity contribution in [2.75, 3.05) is 0 Å². The second-order valence-electron chi connectivity index (χ2n) is 14.7. The number of hydrogen-bond acceptors (Lipinski definition) is 2. The van der Waals surface area contributed by atoms with Crippen molar-refractivity contribution in [1.29, 1.82) is 0 Å². The van der Waals surface area contributed by atoms with Crippen LogP contribution in [0.5, 0.6) is 0 Å². The minimum atomic E-state index is -0.148. The summed E-state index contributed by atoms with van der Waals surface area (Å²) < 4.78 is 6.39. The van der Waals surface area contributed by atoms with E-state index in [2.05, 4.69) is 153 Å². The summed E-state index contributed by atoms with van der Waals surface area (Å²) in [7, 11) is 0. The third-order valence-corrected chi connectivity index (χ3v) is 11.5. The van der Waals surface area contributed by atoms with E-state index in [9.17, 15) is 0 Å². The molecule has 0 bridgehead atoms. The summed E-state index contributed by atoms with van der Waals surface area (Å²) in [5, 5.41) is 9.83. The van der Waals surface area contributed by atoms with E-state index >= 15 is 0 Å². The first kappa shape index (κ1) is 29.2. The third kappa shape index (κ3) is 4.09. The fraction of sp³-hybridized carbons (Fsp3) is 0.0600. The Bertz CT molecular complexity index is 3060. The van der Waals surface area contributed by atoms with Crippen LogP contribution in [0.4, 0.5) is 0 Å². The maximum absolute atomic E-state index is 6.39. The zero-order valence-electron chi connectivity index (χ0n) is 28.9. The lowest BCUT2D eigenvalue weighted by Crippen LogP contribution is -2.14. The van der Waals surface area contributed by atoms with Gasteiger partial charge in [-0.25, -0.2) is 4.98 Å². The third-order valence-electron chi connectivity index (χ3n) is 11.5. The molecule has 1 heterocycles. The van der Waals surface area contributed by atoms with Crippen LogP contribution in [0.15, 0.2) is 168 Å². The second-order valence-corrected chi connectivity index (χ2v) is 14.7. The van der Waals surface area contributed by atoms with Crippen molar-refractivity contribution in [3.05, 3.63) is 175 Å². The predicted octanol–water partition coefficient (Wildman–Crippen LogP) is 13.7. The fourth-order valence-corrected chi connectivity index (χ4v) is 9.02. The average molecular weight is 664 g/mol. The van der Waals surface area contributed by atoms with Crippen LogP contribution < -0.4 is 0 Å². The molecule has 1 aliphatic rings. The number of benzene rings is 9. The van der Waals surface area contributed by atoms with Crippen LogP contribution in [0.1, 0.15) is 25.0 Å². The van der Waals surface area contributed by atoms with Gasteiger partial charge in [0, 0.05) is 11.0 Å². The van der Waals surface area contributed by atoms with Crippen molar-refractivity contribution < 1.29 is 4.42 Å². The first-order chi connectivity index (χ1) is 25.5. The van der Waals surface area contributed by atoms with E-state index in [-0.39, 0.29) is 5.41 Å². The fourth-order valence-electron chi connectivity index (χ4n) is 9.02. The topological polar surface area (TPSA) is 26.0 Å². The van der Waals surface area contributed by atoms with Crippen molar-refractivity contribution in [3.63, 3.8) is 0 Å². The molecular weight excluding hydrogens is 631 g/mol. The van der Waals surface area contributed by atoms with Gasteiger partial charge in [-0.3, -0.25) is 0 Å². The van der Waals surface area contributed by atoms with Gasteiger partial charge in [-0.05, 0) is 124 Å². The second kappa shape index (κ2) is 10.7. The van der Waals surface area contributed by atoms with Gasteiger partial charge in [0.25, 0.3) is 0 Å². The van der Waals surface area contributed by atoms with Crippen LogP contribution in [0.25, 0.3) is 99.0 Å². The van der Waals surface area contributed by atoms with Crippen LogP contribution in [-0.4, -0.2) is 4.98 Å². The summed E-state index contributed by atoms with van der Waals surface area (Å²) in [6.45, 7) is 4.75. The quantitative estimate of drug-likeness (QED) is 0.176. The predicted molar refractivity (Wildman–Crippen MR) is 218 cm³/mol. The summed E-state index contributed by atoms with van der Waals surface area (Å²) >= 11 is 0. The Balaban J connectivity index is 1.36. The number of oxazole rings is 1. The van der Waals surface area contributed by atoms with Gasteiger partial charge in [-0.15, -0.1) is 0 Å². The minimum Gasteiger partial charge on any atom is -0.436 e. The Kier molecular flexibility index (Phi) is 6.04. The normalized spacial score (nSPS) is 13.3. The molecule has 11 rings (SSSR count). The maximum Gasteiger partial charge on any atom is 0.227 e. The SMILES string of the molecule is CC1(C)c2ccccc2-c2cc3c(-c4cccc5ccccc45)c4ccc(-c5nc6ccccc6o5)cc4c(-c4cccc5ccccc45)c3cc21. The average Bonchev–Trinajstić information content (AvgIpc) is 3.72. The largest absolute Gasteiger partial charge is 0.436 e. The first-order valence-corrected chi connectivity index (χ1v) is 18.0. The number of para-hydroxylation sites is 2. The van der Waals surface area contributed by atoms with E-state index in [1.165, 1.54) is 87.6 Å². The molecule has 0 atom stereocenters. The number of hydrogen-bond donors (Lipinski definition) is 0. The van der Waals surface area contributed by atoms with Gasteiger partial charge < -0.3 is 4.42 Å². The summed E-state index contributed by atoms with van der Waals surface area (Å²) in [6, 6.07) is 59.7. The van der Waals surface area contributed by atoms with Crippen molar-refractivity contribution >= 4 is 54.2 Å². The molecule has 0 aliphatic heterocycles. The zero-order valence-corrected chi connectivity index (χ0v) is 28.9. The van der Waals surface area contributed by atoms with Gasteiger partial charge in [0.15, 0.2) is 5.58 Å². The molecule has 0 fully saturated rings. The maximum atomic E-state index is 6.39. The smallest absolute Gasteiger partial charge is 0.227 e. The molecule has 2 nitrogen and oxygen atoms in total. The lowest BCUT2D eigenvalue weighted by Gasteiger charge is -2.24. The molecule has 0 spiro atoms. The van der Waals surface area contributed by atoms with Gasteiger partial charge in [0.1, 0.15) is 5.52 Å². The highest BCUT2D eigenvalue weighted by molar-refractivity contribution is 6.26. The first-order valence-electron chi connectivity index (χ1n) is 18.0. The molecule has 244 valence electrons. The lowest BCUT2D eigenvalue weighted by atomic mass is 9.78. The van der Waals surface area contributed by atoms with E-state index in [4.69, 9.17) is 9.40 Å². The van der Waals surface area contributed by atoms with Crippen LogP contribution in [0, 0.1) is 0 Å². The standard InChI is InChI=1S/C50H33NO/c1-50(2)43-22-8-7-19-35(43)39-28-41-42(29-44(39)50)48(37-21-12-16-31-14-4-6-18-34(31)37)40-27-32(49-51-45-23-9-10-24-46(45)52-49)25-26-38(40)47(41)36-20-11-15-30-13-3-5-17-33(30)36/h3-29H,1-2H3. The van der Waals surface area contributed by atoms with Crippen molar-refractivity contribution in [3.8, 4) is 44.8 Å². The molecule has 0 N–H and O–H groups in total. The molecule has 2 heteroatoms. The number of fused-ring (bicyclic) bond motifs is 8. The van der Waals surface area contributed by atoms with Gasteiger partial charge in [0.05, 0.1) is 0 Å². The molecule has 1 aromatic heterocycles. The number of rotatable bonds is 3. The number of nitrogens with zero attached hydrogens (tertiary/aromatic N) is 1. The lowest BCUT2D eigenvalue weighted by molar-refractivity contribution is 0.620. The number of aromatic nitrogens is 1. The van der Waals surface area contributed by atoms with E-state index in [0.717, 1.165) is 16.7 Å². The minimum absolute atomic E-state index is 0.148. The molecule has 0 unspecified atom stereocenters. The molecule has 1 aliphatic carbocycles. The Hall–Kier alpha value is -6.51. The van der Waals surface area contributed by atoms with Gasteiger partial charge in [0.2, 0.25) is 5.89 Å². The van der Waals surface area contributed by atoms with Crippen LogP contribution in [0.2, 0.25) is 0 Å². The van der Waals surface area contributed by atoms with E-state index in [1.54, 1.807) is 0 Å². The van der Waals surface area contributed by atoms with Gasteiger partial charge in [-0.2, -0.15) is 0 Å². The summed E-state index contributed by atoms with van der Waals surface area (Å²) in [5.41, 5.74) is 12.8. The molecule has 10 aromatic rings. The van der Waals surface area contributed by atoms with Crippen molar-refractivity contribution in [2.45, 2.75) is 19.3 Å². The highest BCUT2D eigenvalue weighted by Gasteiger charge is 2.36. The molecule has 9 aromatic carbocycles. The Morgan fingerprint density at radius 3 is 1.75 bits per heavy atom. The Labute approximate surface area is 301 Å². The van der Waals surface area contributed by atoms with Crippen molar-refractivity contribution in [1.82, 2.24) is 4.98 Å². The Morgan fingerprint density at radius 2 is 1.00 bits per heavy atom. The summed E-state index contributed by atoms with van der Waals surface area (Å²) in [6.07, 6.45) is 0. The van der Waals surface area contributed by atoms with E-state index < -0.39 is 0 Å². The summed E-state index contributed by atoms with van der Waals surface area (Å²) in [4.78, 5) is 4.95. The highest BCUT2D eigenvalue weighted by atomic mass is 16.3. The van der Waals surface area contributed by atoms with E-state index in [1.807, 2.05) is 24.3 Å². The van der Waals surface area contributed by atoms with Crippen LogP contribution >= 0.6 is 0 Å². The van der Waals surface area contributed by atoms with Gasteiger partial charge in [-0.1, -0.05) is 141 Å². The molecular formula is C50H33NO. The monoisotopic (exact) mass is 663 g/mol. The Morgan fingerprint density at radius 1 is 0.423 bits per heavy atom. The van der Waals surface area contributed by atoms with Crippen molar-refractivity contribution in [2.24, 2.45) is 0 Å². The van der Waals surface area contributed by atoms with E-state index in [0.29, 0.717) is 5.89 Å². The van der Waals surface area contributed by atoms with Crippen LogP contribution in [0.3, 0.4) is 0 Å². The molecule has 0 amide bonds.